The summed E-state index contributed by atoms with van der Waals surface area (Å²) in [5, 5.41) is 3.36. The molecule has 2 atom stereocenters. The Balaban J connectivity index is 1.81. The Morgan fingerprint density at radius 2 is 1.78 bits per heavy atom. The van der Waals surface area contributed by atoms with Crippen molar-refractivity contribution in [3.05, 3.63) is 82.2 Å². The molecule has 0 saturated carbocycles. The molecule has 2 aromatic carbocycles. The molecule has 1 heterocycles. The monoisotopic (exact) mass is 489 g/mol. The highest BCUT2D eigenvalue weighted by Gasteiger charge is 2.41. The van der Waals surface area contributed by atoms with Crippen molar-refractivity contribution in [2.75, 3.05) is 13.7 Å². The van der Waals surface area contributed by atoms with Crippen LogP contribution in [0.25, 0.3) is 0 Å². The fourth-order valence-electron chi connectivity index (χ4n) is 4.98. The summed E-state index contributed by atoms with van der Waals surface area (Å²) >= 11 is 0. The summed E-state index contributed by atoms with van der Waals surface area (Å²) < 4.78 is 16.3. The molecule has 1 aliphatic heterocycles. The van der Waals surface area contributed by atoms with Crippen LogP contribution in [-0.2, 0) is 19.1 Å². The van der Waals surface area contributed by atoms with Gasteiger partial charge in [-0.1, -0.05) is 43.3 Å². The molecule has 4 rings (SSSR count). The van der Waals surface area contributed by atoms with E-state index in [1.807, 2.05) is 44.2 Å². The maximum atomic E-state index is 13.7. The number of ether oxygens (including phenoxy) is 3. The van der Waals surface area contributed by atoms with Crippen molar-refractivity contribution < 1.29 is 28.6 Å². The molecule has 2 aliphatic rings. The van der Waals surface area contributed by atoms with E-state index in [2.05, 4.69) is 5.32 Å². The van der Waals surface area contributed by atoms with Crippen molar-refractivity contribution in [2.24, 2.45) is 0 Å². The number of dihydropyridines is 1. The molecule has 36 heavy (non-hydrogen) atoms. The first-order chi connectivity index (χ1) is 17.3. The van der Waals surface area contributed by atoms with E-state index in [1.165, 1.54) is 14.0 Å². The molecule has 0 aromatic heterocycles. The third-order valence-electron chi connectivity index (χ3n) is 6.53. The Morgan fingerprint density at radius 3 is 2.44 bits per heavy atom. The number of rotatable bonds is 7. The minimum Gasteiger partial charge on any atom is -0.493 e. The van der Waals surface area contributed by atoms with Crippen LogP contribution in [0.2, 0.25) is 0 Å². The Hall–Kier alpha value is -3.87. The van der Waals surface area contributed by atoms with E-state index in [1.54, 1.807) is 18.2 Å². The van der Waals surface area contributed by atoms with Crippen LogP contribution >= 0.6 is 0 Å². The summed E-state index contributed by atoms with van der Waals surface area (Å²) in [5.74, 6) is -0.914. The summed E-state index contributed by atoms with van der Waals surface area (Å²) in [5.41, 5.74) is 4.24. The number of carbonyl (C=O) groups is 3. The summed E-state index contributed by atoms with van der Waals surface area (Å²) in [6, 6.07) is 15.1. The molecule has 0 radical (unpaired) electrons. The molecule has 0 spiro atoms. The van der Waals surface area contributed by atoms with Crippen molar-refractivity contribution >= 4 is 17.7 Å². The highest BCUT2D eigenvalue weighted by atomic mass is 16.6. The summed E-state index contributed by atoms with van der Waals surface area (Å²) in [6.07, 6.45) is 1.69. The lowest BCUT2D eigenvalue weighted by Crippen LogP contribution is -2.36. The SMILES string of the molecule is CCCOC(=O)C1=C(C)NC2=C(C(=O)C[C@@H](c3ccccc3)C2)[C@H]1c1ccc(OC(C)=O)c(OC)c1. The second-order valence-corrected chi connectivity index (χ2v) is 9.07. The predicted molar refractivity (Wildman–Crippen MR) is 135 cm³/mol. The zero-order chi connectivity index (χ0) is 25.8. The molecule has 2 aromatic rings. The molecule has 0 unspecified atom stereocenters. The van der Waals surface area contributed by atoms with E-state index in [9.17, 15) is 14.4 Å². The van der Waals surface area contributed by atoms with Crippen LogP contribution in [-0.4, -0.2) is 31.4 Å². The molecular weight excluding hydrogens is 458 g/mol. The van der Waals surface area contributed by atoms with Gasteiger partial charge in [-0.2, -0.15) is 0 Å². The van der Waals surface area contributed by atoms with Crippen molar-refractivity contribution in [3.8, 4) is 11.5 Å². The summed E-state index contributed by atoms with van der Waals surface area (Å²) in [7, 11) is 1.48. The average Bonchev–Trinajstić information content (AvgIpc) is 2.86. The molecule has 1 N–H and O–H groups in total. The molecule has 7 heteroatoms. The average molecular weight is 490 g/mol. The number of esters is 2. The number of nitrogens with one attached hydrogen (secondary N) is 1. The first kappa shape index (κ1) is 25.2. The number of ketones is 1. The van der Waals surface area contributed by atoms with E-state index in [0.717, 1.165) is 11.3 Å². The van der Waals surface area contributed by atoms with Gasteiger partial charge < -0.3 is 19.5 Å². The van der Waals surface area contributed by atoms with Crippen molar-refractivity contribution in [2.45, 2.75) is 51.9 Å². The van der Waals surface area contributed by atoms with Gasteiger partial charge in [0.25, 0.3) is 0 Å². The van der Waals surface area contributed by atoms with Crippen LogP contribution in [0.3, 0.4) is 0 Å². The van der Waals surface area contributed by atoms with Gasteiger partial charge in [0.15, 0.2) is 17.3 Å². The third-order valence-corrected chi connectivity index (χ3v) is 6.53. The standard InChI is InChI=1S/C29H31NO6/c1-5-13-35-29(33)26-17(2)30-22-14-21(19-9-7-6-8-10-19)15-23(32)28(22)27(26)20-11-12-24(36-18(3)31)25(16-20)34-4/h6-12,16,21,27,30H,5,13-15H2,1-4H3/t21-,27-/m0/s1. The largest absolute Gasteiger partial charge is 0.493 e. The van der Waals surface area contributed by atoms with Crippen molar-refractivity contribution in [3.63, 3.8) is 0 Å². The Morgan fingerprint density at radius 1 is 1.03 bits per heavy atom. The Bertz CT molecular complexity index is 1240. The number of benzene rings is 2. The third kappa shape index (κ3) is 5.05. The van der Waals surface area contributed by atoms with Gasteiger partial charge in [0, 0.05) is 36.2 Å². The topological polar surface area (TPSA) is 90.9 Å². The highest BCUT2D eigenvalue weighted by Crippen LogP contribution is 2.47. The Labute approximate surface area is 211 Å². The number of Topliss-reactive ketones (excluding diaryl/α,β-unsaturated/α-hetero) is 1. The fraction of sp³-hybridized carbons (Fsp3) is 0.345. The molecule has 188 valence electrons. The van der Waals surface area contributed by atoms with Crippen LogP contribution in [0.1, 0.15) is 63.0 Å². The van der Waals surface area contributed by atoms with E-state index < -0.39 is 17.9 Å². The highest BCUT2D eigenvalue weighted by molar-refractivity contribution is 6.04. The quantitative estimate of drug-likeness (QED) is 0.435. The van der Waals surface area contributed by atoms with Gasteiger partial charge in [0.2, 0.25) is 0 Å². The summed E-state index contributed by atoms with van der Waals surface area (Å²) in [4.78, 5) is 38.4. The molecule has 0 amide bonds. The minimum absolute atomic E-state index is 0.0149. The smallest absolute Gasteiger partial charge is 0.336 e. The van der Waals surface area contributed by atoms with Crippen LogP contribution < -0.4 is 14.8 Å². The van der Waals surface area contributed by atoms with Gasteiger partial charge in [0.1, 0.15) is 0 Å². The minimum atomic E-state index is -0.630. The van der Waals surface area contributed by atoms with Crippen LogP contribution in [0.15, 0.2) is 71.1 Å². The molecular formula is C29H31NO6. The van der Waals surface area contributed by atoms with Gasteiger partial charge in [-0.05, 0) is 48.9 Å². The lowest BCUT2D eigenvalue weighted by atomic mass is 9.71. The van der Waals surface area contributed by atoms with Gasteiger partial charge >= 0.3 is 11.9 Å². The fourth-order valence-corrected chi connectivity index (χ4v) is 4.98. The van der Waals surface area contributed by atoms with Gasteiger partial charge in [-0.3, -0.25) is 9.59 Å². The second kappa shape index (κ2) is 10.8. The van der Waals surface area contributed by atoms with Crippen molar-refractivity contribution in [1.82, 2.24) is 5.32 Å². The number of allylic oxidation sites excluding steroid dienone is 3. The first-order valence-electron chi connectivity index (χ1n) is 12.2. The van der Waals surface area contributed by atoms with Crippen molar-refractivity contribution in [1.29, 1.82) is 0 Å². The van der Waals surface area contributed by atoms with E-state index in [0.29, 0.717) is 47.4 Å². The number of hydrogen-bond donors (Lipinski definition) is 1. The number of hydrogen-bond acceptors (Lipinski definition) is 7. The zero-order valence-electron chi connectivity index (χ0n) is 21.1. The van der Waals surface area contributed by atoms with Gasteiger partial charge in [-0.25, -0.2) is 4.79 Å². The maximum absolute atomic E-state index is 13.7. The normalized spacial score (nSPS) is 19.4. The lowest BCUT2D eigenvalue weighted by Gasteiger charge is -2.36. The van der Waals surface area contributed by atoms with Crippen LogP contribution in [0.5, 0.6) is 11.5 Å². The summed E-state index contributed by atoms with van der Waals surface area (Å²) in [6.45, 7) is 5.36. The maximum Gasteiger partial charge on any atom is 0.336 e. The Kier molecular flexibility index (Phi) is 7.58. The predicted octanol–water partition coefficient (Wildman–Crippen LogP) is 4.94. The number of methoxy groups -OCH3 is 1. The molecule has 0 saturated heterocycles. The van der Waals surface area contributed by atoms with E-state index in [-0.39, 0.29) is 24.1 Å². The van der Waals surface area contributed by atoms with E-state index >= 15 is 0 Å². The molecule has 7 nitrogen and oxygen atoms in total. The lowest BCUT2D eigenvalue weighted by molar-refractivity contribution is -0.139. The van der Waals surface area contributed by atoms with Gasteiger partial charge in [-0.15, -0.1) is 0 Å². The molecule has 0 fully saturated rings. The first-order valence-corrected chi connectivity index (χ1v) is 12.2. The zero-order valence-corrected chi connectivity index (χ0v) is 21.1. The molecule has 0 bridgehead atoms. The van der Waals surface area contributed by atoms with Crippen LogP contribution in [0, 0.1) is 0 Å². The van der Waals surface area contributed by atoms with Gasteiger partial charge in [0.05, 0.1) is 19.3 Å². The van der Waals surface area contributed by atoms with E-state index in [4.69, 9.17) is 14.2 Å². The molecule has 1 aliphatic carbocycles. The van der Waals surface area contributed by atoms with Crippen LogP contribution in [0.4, 0.5) is 0 Å². The number of carbonyl (C=O) groups excluding carboxylic acids is 3. The second-order valence-electron chi connectivity index (χ2n) is 9.07.